The number of nitrogens with zero attached hydrogens (tertiary/aromatic N) is 1. The van der Waals surface area contributed by atoms with Crippen molar-refractivity contribution in [1.82, 2.24) is 0 Å². The molecule has 110 valence electrons. The maximum absolute atomic E-state index is 12.1. The van der Waals surface area contributed by atoms with E-state index in [1.807, 2.05) is 0 Å². The van der Waals surface area contributed by atoms with E-state index in [1.54, 1.807) is 28.1 Å². The number of hydrogen-bond donors (Lipinski definition) is 1. The number of likely N-dealkylation sites (N-methyl/N-ethyl adjacent to an activating group) is 1. The molecule has 0 aliphatic rings. The molecule has 0 bridgehead atoms. The number of carboxylic acids is 1. The Balaban J connectivity index is 5.82. The summed E-state index contributed by atoms with van der Waals surface area (Å²) in [6, 6.07) is -1.12. The molecule has 0 aromatic rings. The molecular formula is C13H23NO5. The topological polar surface area (TPSA) is 94.5 Å². The molecule has 1 N–H and O–H groups in total. The van der Waals surface area contributed by atoms with Crippen LogP contribution in [0.15, 0.2) is 0 Å². The molecule has 0 amide bonds. The second-order valence-corrected chi connectivity index (χ2v) is 5.59. The molecule has 0 radical (unpaired) electrons. The van der Waals surface area contributed by atoms with Crippen LogP contribution in [0.4, 0.5) is 0 Å². The Kier molecular flexibility index (Phi) is 5.83. The van der Waals surface area contributed by atoms with Gasteiger partial charge in [-0.25, -0.2) is 0 Å². The Bertz CT molecular complexity index is 372. The van der Waals surface area contributed by atoms with Crippen LogP contribution in [-0.4, -0.2) is 59.9 Å². The summed E-state index contributed by atoms with van der Waals surface area (Å²) in [6.07, 6.45) is -0.796. The fourth-order valence-corrected chi connectivity index (χ4v) is 2.41. The molecule has 0 aromatic carbocycles. The highest BCUT2D eigenvalue weighted by Gasteiger charge is 2.53. The van der Waals surface area contributed by atoms with Crippen molar-refractivity contribution in [3.05, 3.63) is 0 Å². The van der Waals surface area contributed by atoms with Gasteiger partial charge in [0.25, 0.3) is 0 Å². The van der Waals surface area contributed by atoms with Crippen LogP contribution in [0.25, 0.3) is 0 Å². The van der Waals surface area contributed by atoms with Crippen molar-refractivity contribution in [3.63, 3.8) is 0 Å². The lowest BCUT2D eigenvalue weighted by molar-refractivity contribution is -0.892. The average Bonchev–Trinajstić information content (AvgIpc) is 2.24. The molecule has 6 heteroatoms. The first-order valence-electron chi connectivity index (χ1n) is 6.30. The van der Waals surface area contributed by atoms with Gasteiger partial charge in [-0.1, -0.05) is 13.8 Å². The van der Waals surface area contributed by atoms with Crippen molar-refractivity contribution < 1.29 is 29.1 Å². The number of rotatable bonds is 8. The molecule has 0 fully saturated rings. The van der Waals surface area contributed by atoms with Gasteiger partial charge in [-0.15, -0.1) is 0 Å². The standard InChI is InChI=1S/C13H23NO5/c1-6-9(15)12(14(3,4)5)13(19,8-11(17)18)10(16)7-2/h12,19H,6-8H2,1-5H3. The molecule has 6 nitrogen and oxygen atoms in total. The zero-order chi connectivity index (χ0) is 15.4. The third kappa shape index (κ3) is 4.11. The van der Waals surface area contributed by atoms with Crippen LogP contribution >= 0.6 is 0 Å². The molecule has 0 saturated heterocycles. The number of Topliss-reactive ketones (excluding diaryl/α,β-unsaturated/α-hetero) is 2. The highest BCUT2D eigenvalue weighted by atomic mass is 16.4. The summed E-state index contributed by atoms with van der Waals surface area (Å²) in [5.41, 5.74) is -2.22. The van der Waals surface area contributed by atoms with Crippen LogP contribution in [0.2, 0.25) is 0 Å². The molecule has 0 spiro atoms. The van der Waals surface area contributed by atoms with Gasteiger partial charge < -0.3 is 19.5 Å². The summed E-state index contributed by atoms with van der Waals surface area (Å²) in [4.78, 5) is 34.9. The van der Waals surface area contributed by atoms with Crippen molar-refractivity contribution in [2.75, 3.05) is 21.1 Å². The number of hydrogen-bond acceptors (Lipinski definition) is 5. The van der Waals surface area contributed by atoms with E-state index in [2.05, 4.69) is 0 Å². The molecule has 19 heavy (non-hydrogen) atoms. The van der Waals surface area contributed by atoms with Crippen LogP contribution in [0.3, 0.4) is 0 Å². The Morgan fingerprint density at radius 1 is 1.16 bits per heavy atom. The van der Waals surface area contributed by atoms with E-state index in [1.165, 1.54) is 6.92 Å². The summed E-state index contributed by atoms with van der Waals surface area (Å²) in [5, 5.41) is 21.4. The van der Waals surface area contributed by atoms with Crippen LogP contribution in [0.1, 0.15) is 33.1 Å². The van der Waals surface area contributed by atoms with Crippen molar-refractivity contribution >= 4 is 17.5 Å². The zero-order valence-electron chi connectivity index (χ0n) is 12.2. The Labute approximate surface area is 113 Å². The number of aliphatic hydroxyl groups is 1. The summed E-state index contributed by atoms with van der Waals surface area (Å²) in [5.74, 6) is -2.55. The highest BCUT2D eigenvalue weighted by molar-refractivity contribution is 5.98. The molecule has 0 aliphatic heterocycles. The molecule has 0 saturated carbocycles. The highest BCUT2D eigenvalue weighted by Crippen LogP contribution is 2.27. The van der Waals surface area contributed by atoms with Gasteiger partial charge in [0, 0.05) is 25.2 Å². The number of aliphatic carboxylic acids is 1. The summed E-state index contributed by atoms with van der Waals surface area (Å²) < 4.78 is -0.0256. The number of quaternary nitrogens is 1. The molecule has 0 aliphatic carbocycles. The van der Waals surface area contributed by atoms with Crippen LogP contribution in [0, 0.1) is 0 Å². The lowest BCUT2D eigenvalue weighted by Gasteiger charge is -2.42. The first-order chi connectivity index (χ1) is 8.50. The fraction of sp³-hybridized carbons (Fsp3) is 0.769. The molecule has 0 rings (SSSR count). The molecule has 0 heterocycles. The maximum Gasteiger partial charge on any atom is 0.193 e. The van der Waals surface area contributed by atoms with Gasteiger partial charge in [-0.2, -0.15) is 0 Å². The van der Waals surface area contributed by atoms with Gasteiger partial charge in [0.2, 0.25) is 0 Å². The lowest BCUT2D eigenvalue weighted by atomic mass is 9.80. The molecular weight excluding hydrogens is 250 g/mol. The van der Waals surface area contributed by atoms with Crippen molar-refractivity contribution in [1.29, 1.82) is 0 Å². The van der Waals surface area contributed by atoms with Crippen LogP contribution < -0.4 is 5.11 Å². The summed E-state index contributed by atoms with van der Waals surface area (Å²) in [6.45, 7) is 3.13. The third-order valence-electron chi connectivity index (χ3n) is 3.10. The van der Waals surface area contributed by atoms with E-state index in [4.69, 9.17) is 0 Å². The molecule has 2 atom stereocenters. The Morgan fingerprint density at radius 2 is 1.63 bits per heavy atom. The lowest BCUT2D eigenvalue weighted by Crippen LogP contribution is -2.66. The maximum atomic E-state index is 12.1. The summed E-state index contributed by atoms with van der Waals surface area (Å²) in [7, 11) is 4.92. The SMILES string of the molecule is CCC(=O)C(C(O)(CC(=O)[O-])C(=O)CC)[N+](C)(C)C. The zero-order valence-corrected chi connectivity index (χ0v) is 12.2. The van der Waals surface area contributed by atoms with E-state index in [0.29, 0.717) is 0 Å². The first kappa shape index (κ1) is 17.7. The van der Waals surface area contributed by atoms with E-state index in [0.717, 1.165) is 0 Å². The van der Waals surface area contributed by atoms with Crippen LogP contribution in [-0.2, 0) is 14.4 Å². The predicted molar refractivity (Wildman–Crippen MR) is 67.0 cm³/mol. The Hall–Kier alpha value is -1.27. The minimum atomic E-state index is -2.22. The van der Waals surface area contributed by atoms with E-state index < -0.39 is 29.8 Å². The number of carbonyl (C=O) groups excluding carboxylic acids is 3. The largest absolute Gasteiger partial charge is 0.550 e. The minimum Gasteiger partial charge on any atom is -0.550 e. The van der Waals surface area contributed by atoms with Gasteiger partial charge >= 0.3 is 0 Å². The normalized spacial score (nSPS) is 16.5. The predicted octanol–water partition coefficient (Wildman–Crippen LogP) is -1.11. The van der Waals surface area contributed by atoms with E-state index in [-0.39, 0.29) is 23.1 Å². The smallest absolute Gasteiger partial charge is 0.193 e. The first-order valence-corrected chi connectivity index (χ1v) is 6.30. The molecule has 2 unspecified atom stereocenters. The number of ketones is 2. The average molecular weight is 273 g/mol. The van der Waals surface area contributed by atoms with E-state index >= 15 is 0 Å². The summed E-state index contributed by atoms with van der Waals surface area (Å²) >= 11 is 0. The number of carboxylic acid groups (broad SMARTS) is 1. The van der Waals surface area contributed by atoms with Crippen molar-refractivity contribution in [2.45, 2.75) is 44.8 Å². The van der Waals surface area contributed by atoms with Crippen molar-refractivity contribution in [2.24, 2.45) is 0 Å². The Morgan fingerprint density at radius 3 is 1.89 bits per heavy atom. The second kappa shape index (κ2) is 6.25. The number of carbonyl (C=O) groups is 3. The van der Waals surface area contributed by atoms with Crippen molar-refractivity contribution in [3.8, 4) is 0 Å². The minimum absolute atomic E-state index is 0.0256. The fourth-order valence-electron chi connectivity index (χ4n) is 2.41. The van der Waals surface area contributed by atoms with E-state index in [9.17, 15) is 24.6 Å². The van der Waals surface area contributed by atoms with Gasteiger partial charge in [0.15, 0.2) is 23.2 Å². The third-order valence-corrected chi connectivity index (χ3v) is 3.10. The van der Waals surface area contributed by atoms with Crippen LogP contribution in [0.5, 0.6) is 0 Å². The second-order valence-electron chi connectivity index (χ2n) is 5.59. The quantitative estimate of drug-likeness (QED) is 0.566. The van der Waals surface area contributed by atoms with Gasteiger partial charge in [0.1, 0.15) is 0 Å². The van der Waals surface area contributed by atoms with Gasteiger partial charge in [0.05, 0.1) is 21.1 Å². The molecule has 0 aromatic heterocycles. The van der Waals surface area contributed by atoms with Gasteiger partial charge in [-0.05, 0) is 0 Å². The monoisotopic (exact) mass is 273 g/mol. The van der Waals surface area contributed by atoms with Gasteiger partial charge in [-0.3, -0.25) is 9.59 Å².